The standard InChI is InChI=1S/C10H6F6O5S/c1-20-8(17)5-2-4(9(11,12)13)3-6(10(14,15)16)7(5)21-22(18)19/h2-3H,1H3,(H,18,19)/p-1. The third kappa shape index (κ3) is 4.10. The lowest BCUT2D eigenvalue weighted by Crippen LogP contribution is -2.18. The van der Waals surface area contributed by atoms with E-state index in [2.05, 4.69) is 8.92 Å². The number of carbonyl (C=O) groups is 1. The molecule has 1 aromatic rings. The number of rotatable bonds is 3. The Morgan fingerprint density at radius 2 is 1.68 bits per heavy atom. The summed E-state index contributed by atoms with van der Waals surface area (Å²) in [5, 5.41) is 0. The molecule has 0 aliphatic rings. The predicted molar refractivity (Wildman–Crippen MR) is 57.3 cm³/mol. The van der Waals surface area contributed by atoms with Gasteiger partial charge in [0.15, 0.2) is 5.75 Å². The highest BCUT2D eigenvalue weighted by Gasteiger charge is 2.41. The van der Waals surface area contributed by atoms with Gasteiger partial charge in [-0.25, -0.2) is 9.00 Å². The Balaban J connectivity index is 3.76. The van der Waals surface area contributed by atoms with Crippen LogP contribution in [-0.4, -0.2) is 21.8 Å². The first kappa shape index (κ1) is 18.2. The van der Waals surface area contributed by atoms with Crippen molar-refractivity contribution in [3.63, 3.8) is 0 Å². The van der Waals surface area contributed by atoms with E-state index < -0.39 is 52.1 Å². The largest absolute Gasteiger partial charge is 0.740 e. The Hall–Kier alpha value is -1.82. The minimum atomic E-state index is -5.40. The second-order valence-corrected chi connectivity index (χ2v) is 4.25. The summed E-state index contributed by atoms with van der Waals surface area (Å²) in [5.41, 5.74) is -5.22. The van der Waals surface area contributed by atoms with Crippen molar-refractivity contribution in [1.82, 2.24) is 0 Å². The maximum absolute atomic E-state index is 12.8. The molecule has 1 aromatic carbocycles. The van der Waals surface area contributed by atoms with Crippen molar-refractivity contribution in [2.75, 3.05) is 7.11 Å². The van der Waals surface area contributed by atoms with E-state index in [1.54, 1.807) is 0 Å². The van der Waals surface area contributed by atoms with E-state index in [4.69, 9.17) is 0 Å². The van der Waals surface area contributed by atoms with Crippen LogP contribution >= 0.6 is 0 Å². The number of methoxy groups -OCH3 is 1. The van der Waals surface area contributed by atoms with Crippen LogP contribution in [0, 0.1) is 0 Å². The van der Waals surface area contributed by atoms with Gasteiger partial charge in [0, 0.05) is 0 Å². The van der Waals surface area contributed by atoms with Crippen molar-refractivity contribution in [3.8, 4) is 5.75 Å². The van der Waals surface area contributed by atoms with Crippen LogP contribution in [0.5, 0.6) is 5.75 Å². The fourth-order valence-corrected chi connectivity index (χ4v) is 1.74. The number of benzene rings is 1. The molecule has 0 fully saturated rings. The third-order valence-electron chi connectivity index (χ3n) is 2.28. The SMILES string of the molecule is COC(=O)c1cc(C(F)(F)F)cc(C(F)(F)F)c1OS(=O)[O-]. The van der Waals surface area contributed by atoms with Gasteiger partial charge in [-0.3, -0.25) is 0 Å². The van der Waals surface area contributed by atoms with Crippen molar-refractivity contribution < 1.29 is 48.8 Å². The molecule has 0 radical (unpaired) electrons. The topological polar surface area (TPSA) is 75.7 Å². The molecule has 12 heteroatoms. The summed E-state index contributed by atoms with van der Waals surface area (Å²) in [6, 6.07) is -0.363. The highest BCUT2D eigenvalue weighted by Crippen LogP contribution is 2.43. The molecule has 0 amide bonds. The van der Waals surface area contributed by atoms with E-state index in [1.165, 1.54) is 0 Å². The van der Waals surface area contributed by atoms with Gasteiger partial charge in [-0.05, 0) is 12.1 Å². The molecular formula is C10H5F6O5S-. The number of carbonyl (C=O) groups excluding carboxylic acids is 1. The molecule has 0 aromatic heterocycles. The zero-order valence-corrected chi connectivity index (χ0v) is 11.2. The monoisotopic (exact) mass is 351 g/mol. The highest BCUT2D eigenvalue weighted by molar-refractivity contribution is 7.74. The number of alkyl halides is 6. The normalized spacial score (nSPS) is 13.6. The van der Waals surface area contributed by atoms with E-state index in [0.29, 0.717) is 7.11 Å². The van der Waals surface area contributed by atoms with Crippen LogP contribution in [0.4, 0.5) is 26.3 Å². The number of hydrogen-bond acceptors (Lipinski definition) is 5. The average Bonchev–Trinajstić information content (AvgIpc) is 2.34. The molecule has 22 heavy (non-hydrogen) atoms. The molecule has 0 spiro atoms. The first-order valence-corrected chi connectivity index (χ1v) is 6.06. The van der Waals surface area contributed by atoms with Gasteiger partial charge in [-0.15, -0.1) is 0 Å². The van der Waals surface area contributed by atoms with E-state index >= 15 is 0 Å². The van der Waals surface area contributed by atoms with Crippen molar-refractivity contribution in [3.05, 3.63) is 28.8 Å². The fourth-order valence-electron chi connectivity index (χ4n) is 1.42. The molecule has 0 heterocycles. The van der Waals surface area contributed by atoms with Crippen LogP contribution in [-0.2, 0) is 28.5 Å². The molecule has 0 bridgehead atoms. The Morgan fingerprint density at radius 3 is 2.05 bits per heavy atom. The second kappa shape index (κ2) is 6.12. The molecule has 0 aliphatic carbocycles. The van der Waals surface area contributed by atoms with Crippen molar-refractivity contribution in [2.24, 2.45) is 0 Å². The van der Waals surface area contributed by atoms with Gasteiger partial charge in [-0.2, -0.15) is 26.3 Å². The summed E-state index contributed by atoms with van der Waals surface area (Å²) >= 11 is -3.56. The number of halogens is 6. The van der Waals surface area contributed by atoms with E-state index in [0.717, 1.165) is 0 Å². The summed E-state index contributed by atoms with van der Waals surface area (Å²) in [4.78, 5) is 11.3. The Labute approximate surface area is 121 Å². The lowest BCUT2D eigenvalue weighted by Gasteiger charge is -2.19. The van der Waals surface area contributed by atoms with Crippen LogP contribution in [0.2, 0.25) is 0 Å². The number of hydrogen-bond donors (Lipinski definition) is 0. The summed E-state index contributed by atoms with van der Waals surface area (Å²) in [6.45, 7) is 0. The molecule has 1 atom stereocenters. The summed E-state index contributed by atoms with van der Waals surface area (Å²) in [6.07, 6.45) is -10.6. The maximum Gasteiger partial charge on any atom is 0.420 e. The molecule has 1 rings (SSSR count). The van der Waals surface area contributed by atoms with Gasteiger partial charge in [-0.1, -0.05) is 0 Å². The van der Waals surface area contributed by atoms with Crippen molar-refractivity contribution in [1.29, 1.82) is 0 Å². The Kier molecular flexibility index (Phi) is 5.07. The van der Waals surface area contributed by atoms with Gasteiger partial charge in [0.1, 0.15) is 22.5 Å². The average molecular weight is 351 g/mol. The molecule has 5 nitrogen and oxygen atoms in total. The Morgan fingerprint density at radius 1 is 1.14 bits per heavy atom. The van der Waals surface area contributed by atoms with Gasteiger partial charge in [0.2, 0.25) is 0 Å². The van der Waals surface area contributed by atoms with Crippen LogP contribution in [0.25, 0.3) is 0 Å². The molecule has 124 valence electrons. The minimum Gasteiger partial charge on any atom is -0.740 e. The predicted octanol–water partition coefficient (Wildman–Crippen LogP) is 2.68. The summed E-state index contributed by atoms with van der Waals surface area (Å²) in [5.74, 6) is -3.22. The lowest BCUT2D eigenvalue weighted by molar-refractivity contribution is -0.143. The van der Waals surface area contributed by atoms with Gasteiger partial charge in [0.05, 0.1) is 12.7 Å². The first-order chi connectivity index (χ1) is 9.87. The van der Waals surface area contributed by atoms with Crippen LogP contribution < -0.4 is 4.18 Å². The molecule has 0 saturated heterocycles. The Bertz CT molecular complexity index is 609. The van der Waals surface area contributed by atoms with Crippen molar-refractivity contribution >= 4 is 17.3 Å². The van der Waals surface area contributed by atoms with E-state index in [9.17, 15) is 39.9 Å². The van der Waals surface area contributed by atoms with Crippen LogP contribution in [0.1, 0.15) is 21.5 Å². The number of esters is 1. The minimum absolute atomic E-state index is 0.00324. The summed E-state index contributed by atoms with van der Waals surface area (Å²) < 4.78 is 105. The summed E-state index contributed by atoms with van der Waals surface area (Å²) in [7, 11) is 0.688. The highest BCUT2D eigenvalue weighted by atomic mass is 32.2. The van der Waals surface area contributed by atoms with Crippen LogP contribution in [0.3, 0.4) is 0 Å². The molecular weight excluding hydrogens is 346 g/mol. The van der Waals surface area contributed by atoms with Gasteiger partial charge >= 0.3 is 18.3 Å². The third-order valence-corrected chi connectivity index (χ3v) is 2.58. The van der Waals surface area contributed by atoms with Gasteiger partial charge in [0.25, 0.3) is 0 Å². The molecule has 0 saturated carbocycles. The van der Waals surface area contributed by atoms with E-state index in [1.807, 2.05) is 0 Å². The first-order valence-electron chi connectivity index (χ1n) is 5.06. The lowest BCUT2D eigenvalue weighted by atomic mass is 10.0. The van der Waals surface area contributed by atoms with Crippen LogP contribution in [0.15, 0.2) is 12.1 Å². The fraction of sp³-hybridized carbons (Fsp3) is 0.300. The maximum atomic E-state index is 12.8. The van der Waals surface area contributed by atoms with Crippen molar-refractivity contribution in [2.45, 2.75) is 12.4 Å². The van der Waals surface area contributed by atoms with E-state index in [-0.39, 0.29) is 12.1 Å². The quantitative estimate of drug-likeness (QED) is 0.475. The zero-order valence-electron chi connectivity index (χ0n) is 10.4. The van der Waals surface area contributed by atoms with Gasteiger partial charge < -0.3 is 13.5 Å². The molecule has 1 unspecified atom stereocenters. The second-order valence-electron chi connectivity index (χ2n) is 3.68. The smallest absolute Gasteiger partial charge is 0.420 e. The molecule has 0 N–H and O–H groups in total. The molecule has 0 aliphatic heterocycles. The number of ether oxygens (including phenoxy) is 1. The zero-order chi connectivity index (χ0) is 17.3.